The Labute approximate surface area is 196 Å². The van der Waals surface area contributed by atoms with Gasteiger partial charge in [-0.3, -0.25) is 9.48 Å². The normalized spacial score (nSPS) is 11.1. The van der Waals surface area contributed by atoms with Crippen molar-refractivity contribution in [1.82, 2.24) is 39.6 Å². The number of imidazole rings is 1. The zero-order chi connectivity index (χ0) is 23.7. The van der Waals surface area contributed by atoms with Gasteiger partial charge >= 0.3 is 0 Å². The van der Waals surface area contributed by atoms with Crippen LogP contribution in [0, 0.1) is 6.92 Å². The van der Waals surface area contributed by atoms with Crippen molar-refractivity contribution in [2.24, 2.45) is 7.05 Å². The number of benzene rings is 1. The summed E-state index contributed by atoms with van der Waals surface area (Å²) in [6.45, 7) is 5.19. The van der Waals surface area contributed by atoms with E-state index in [1.807, 2.05) is 66.7 Å². The van der Waals surface area contributed by atoms with E-state index in [-0.39, 0.29) is 5.91 Å². The molecule has 10 nitrogen and oxygen atoms in total. The minimum atomic E-state index is -0.166. The predicted octanol–water partition coefficient (Wildman–Crippen LogP) is 3.56. The van der Waals surface area contributed by atoms with Crippen LogP contribution in [0.1, 0.15) is 28.7 Å². The second kappa shape index (κ2) is 8.81. The van der Waals surface area contributed by atoms with Crippen LogP contribution < -0.4 is 10.6 Å². The molecule has 0 atom stereocenters. The second-order valence-corrected chi connectivity index (χ2v) is 8.08. The molecule has 4 aromatic heterocycles. The monoisotopic (exact) mass is 455 g/mol. The summed E-state index contributed by atoms with van der Waals surface area (Å²) in [7, 11) is 1.92. The summed E-state index contributed by atoms with van der Waals surface area (Å²) in [5, 5.41) is 11.4. The number of nitrogens with one attached hydrogen (secondary N) is 3. The van der Waals surface area contributed by atoms with Crippen molar-refractivity contribution in [2.45, 2.75) is 26.9 Å². The number of carbonyl (C=O) groups excluding carboxylic acids is 1. The van der Waals surface area contributed by atoms with Crippen LogP contribution >= 0.6 is 0 Å². The zero-order valence-electron chi connectivity index (χ0n) is 19.2. The highest BCUT2D eigenvalue weighted by Gasteiger charge is 2.13. The number of amides is 1. The lowest BCUT2D eigenvalue weighted by Gasteiger charge is -2.07. The van der Waals surface area contributed by atoms with Crippen molar-refractivity contribution in [3.63, 3.8) is 0 Å². The molecule has 0 aliphatic rings. The van der Waals surface area contributed by atoms with E-state index >= 15 is 0 Å². The first kappa shape index (κ1) is 21.4. The molecule has 3 N–H and O–H groups in total. The Morgan fingerprint density at radius 1 is 1.12 bits per heavy atom. The number of aryl methyl sites for hydroxylation is 3. The SMILES string of the molecule is CCn1nccc1CNC(=O)c1cc2cc(Nc3nccc(-c4cn(C)cn4)n3)cc(C)c2[nH]1. The van der Waals surface area contributed by atoms with Crippen LogP contribution in [0.25, 0.3) is 22.3 Å². The highest BCUT2D eigenvalue weighted by Crippen LogP contribution is 2.26. The van der Waals surface area contributed by atoms with E-state index in [1.54, 1.807) is 18.7 Å². The number of carbonyl (C=O) groups is 1. The van der Waals surface area contributed by atoms with Gasteiger partial charge in [-0.05, 0) is 49.7 Å². The van der Waals surface area contributed by atoms with E-state index in [2.05, 4.69) is 35.7 Å². The Hall–Kier alpha value is -4.47. The molecule has 0 spiro atoms. The third kappa shape index (κ3) is 4.25. The van der Waals surface area contributed by atoms with Gasteiger partial charge in [0.1, 0.15) is 11.4 Å². The molecular weight excluding hydrogens is 430 g/mol. The lowest BCUT2D eigenvalue weighted by Crippen LogP contribution is -2.24. The predicted molar refractivity (Wildman–Crippen MR) is 130 cm³/mol. The number of rotatable bonds is 7. The van der Waals surface area contributed by atoms with Crippen LogP contribution in [0.3, 0.4) is 0 Å². The first-order valence-corrected chi connectivity index (χ1v) is 11.0. The Morgan fingerprint density at radius 3 is 2.79 bits per heavy atom. The molecule has 10 heteroatoms. The van der Waals surface area contributed by atoms with Gasteiger partial charge in [0.2, 0.25) is 5.95 Å². The van der Waals surface area contributed by atoms with Crippen molar-refractivity contribution in [3.8, 4) is 11.4 Å². The van der Waals surface area contributed by atoms with Gasteiger partial charge in [-0.2, -0.15) is 5.10 Å². The maximum absolute atomic E-state index is 12.8. The molecule has 0 unspecified atom stereocenters. The summed E-state index contributed by atoms with van der Waals surface area (Å²) in [5.74, 6) is 0.309. The van der Waals surface area contributed by atoms with E-state index < -0.39 is 0 Å². The number of anilines is 2. The number of hydrogen-bond donors (Lipinski definition) is 3. The van der Waals surface area contributed by atoms with Gasteiger partial charge in [-0.1, -0.05) is 0 Å². The van der Waals surface area contributed by atoms with Crippen molar-refractivity contribution >= 4 is 28.4 Å². The van der Waals surface area contributed by atoms with Crippen molar-refractivity contribution in [3.05, 3.63) is 72.2 Å². The maximum Gasteiger partial charge on any atom is 0.268 e. The van der Waals surface area contributed by atoms with E-state index in [1.165, 1.54) is 0 Å². The Bertz CT molecular complexity index is 1480. The Kier molecular flexibility index (Phi) is 5.54. The zero-order valence-corrected chi connectivity index (χ0v) is 19.2. The molecule has 0 radical (unpaired) electrons. The van der Waals surface area contributed by atoms with Crippen LogP contribution in [0.2, 0.25) is 0 Å². The number of aromatic amines is 1. The molecule has 0 aliphatic heterocycles. The molecule has 5 aromatic rings. The molecule has 5 rings (SSSR count). The van der Waals surface area contributed by atoms with Crippen LogP contribution in [-0.4, -0.2) is 40.2 Å². The Balaban J connectivity index is 1.35. The maximum atomic E-state index is 12.8. The Morgan fingerprint density at radius 2 is 2.00 bits per heavy atom. The number of nitrogens with zero attached hydrogens (tertiary/aromatic N) is 6. The summed E-state index contributed by atoms with van der Waals surface area (Å²) in [5.41, 5.74) is 5.74. The van der Waals surface area contributed by atoms with Gasteiger partial charge < -0.3 is 20.2 Å². The summed E-state index contributed by atoms with van der Waals surface area (Å²) in [6, 6.07) is 9.55. The van der Waals surface area contributed by atoms with Gasteiger partial charge in [-0.15, -0.1) is 0 Å². The summed E-state index contributed by atoms with van der Waals surface area (Å²) < 4.78 is 3.73. The van der Waals surface area contributed by atoms with E-state index in [0.717, 1.165) is 45.8 Å². The van der Waals surface area contributed by atoms with Crippen LogP contribution in [0.4, 0.5) is 11.6 Å². The number of fused-ring (bicyclic) bond motifs is 1. The molecule has 0 saturated carbocycles. The third-order valence-corrected chi connectivity index (χ3v) is 5.58. The standard InChI is InChI=1S/C24H25N9O/c1-4-33-18(5-8-28-33)12-26-23(34)20-11-16-10-17(9-15(2)22(16)30-20)29-24-25-7-6-19(31-24)21-13-32(3)14-27-21/h5-11,13-14,30H,4,12H2,1-3H3,(H,26,34)(H,25,29,31). The van der Waals surface area contributed by atoms with Crippen molar-refractivity contribution in [1.29, 1.82) is 0 Å². The third-order valence-electron chi connectivity index (χ3n) is 5.58. The van der Waals surface area contributed by atoms with Crippen LogP contribution in [0.5, 0.6) is 0 Å². The lowest BCUT2D eigenvalue weighted by molar-refractivity contribution is 0.0945. The highest BCUT2D eigenvalue weighted by molar-refractivity contribution is 5.99. The lowest BCUT2D eigenvalue weighted by atomic mass is 10.1. The summed E-state index contributed by atoms with van der Waals surface area (Å²) >= 11 is 0. The van der Waals surface area contributed by atoms with Gasteiger partial charge in [0.05, 0.1) is 24.3 Å². The van der Waals surface area contributed by atoms with Gasteiger partial charge in [0, 0.05) is 48.8 Å². The van der Waals surface area contributed by atoms with Crippen LogP contribution in [-0.2, 0) is 20.1 Å². The molecule has 0 bridgehead atoms. The summed E-state index contributed by atoms with van der Waals surface area (Å²) in [4.78, 5) is 29.3. The number of hydrogen-bond acceptors (Lipinski definition) is 6. The first-order chi connectivity index (χ1) is 16.5. The number of H-pyrrole nitrogens is 1. The molecule has 4 heterocycles. The molecule has 0 saturated heterocycles. The smallest absolute Gasteiger partial charge is 0.268 e. The van der Waals surface area contributed by atoms with Crippen molar-refractivity contribution < 1.29 is 4.79 Å². The van der Waals surface area contributed by atoms with Gasteiger partial charge in [-0.25, -0.2) is 15.0 Å². The van der Waals surface area contributed by atoms with Crippen molar-refractivity contribution in [2.75, 3.05) is 5.32 Å². The molecule has 34 heavy (non-hydrogen) atoms. The van der Waals surface area contributed by atoms with Gasteiger partial charge in [0.25, 0.3) is 5.91 Å². The fourth-order valence-corrected chi connectivity index (χ4v) is 3.92. The molecular formula is C24H25N9O. The molecule has 0 fully saturated rings. The molecule has 172 valence electrons. The summed E-state index contributed by atoms with van der Waals surface area (Å²) in [6.07, 6.45) is 7.08. The van der Waals surface area contributed by atoms with E-state index in [4.69, 9.17) is 0 Å². The van der Waals surface area contributed by atoms with Crippen LogP contribution in [0.15, 0.2) is 55.2 Å². The minimum absolute atomic E-state index is 0.166. The fraction of sp³-hybridized carbons (Fsp3) is 0.208. The topological polar surface area (TPSA) is 118 Å². The minimum Gasteiger partial charge on any atom is -0.350 e. The number of aromatic nitrogens is 7. The molecule has 1 aromatic carbocycles. The first-order valence-electron chi connectivity index (χ1n) is 11.0. The molecule has 1 amide bonds. The fourth-order valence-electron chi connectivity index (χ4n) is 3.92. The van der Waals surface area contributed by atoms with Gasteiger partial charge in [0.15, 0.2) is 0 Å². The van der Waals surface area contributed by atoms with E-state index in [9.17, 15) is 4.79 Å². The average molecular weight is 456 g/mol. The highest BCUT2D eigenvalue weighted by atomic mass is 16.1. The largest absolute Gasteiger partial charge is 0.350 e. The van der Waals surface area contributed by atoms with E-state index in [0.29, 0.717) is 18.2 Å². The quantitative estimate of drug-likeness (QED) is 0.345. The second-order valence-electron chi connectivity index (χ2n) is 8.08. The average Bonchev–Trinajstić information content (AvgIpc) is 3.57. The molecule has 0 aliphatic carbocycles.